The molecule has 0 aliphatic carbocycles. The van der Waals surface area contributed by atoms with Crippen molar-refractivity contribution in [3.05, 3.63) is 35.6 Å². The van der Waals surface area contributed by atoms with Crippen molar-refractivity contribution in [2.45, 2.75) is 50.8 Å². The van der Waals surface area contributed by atoms with Crippen LogP contribution in [-0.4, -0.2) is 17.2 Å². The van der Waals surface area contributed by atoms with Crippen LogP contribution >= 0.6 is 0 Å². The molecular formula is C14H20FNO. The molecule has 0 unspecified atom stereocenters. The summed E-state index contributed by atoms with van der Waals surface area (Å²) < 4.78 is 13.1. The molecule has 0 bridgehead atoms. The van der Waals surface area contributed by atoms with Gasteiger partial charge in [0.2, 0.25) is 0 Å². The topological polar surface area (TPSA) is 32.3 Å². The van der Waals surface area contributed by atoms with Crippen LogP contribution in [0.4, 0.5) is 4.39 Å². The largest absolute Gasteiger partial charge is 0.387 e. The summed E-state index contributed by atoms with van der Waals surface area (Å²) in [5.41, 5.74) is 0.666. The van der Waals surface area contributed by atoms with E-state index in [4.69, 9.17) is 0 Å². The maximum absolute atomic E-state index is 13.1. The molecule has 3 atom stereocenters. The smallest absolute Gasteiger partial charge is 0.123 e. The van der Waals surface area contributed by atoms with Gasteiger partial charge >= 0.3 is 0 Å². The highest BCUT2D eigenvalue weighted by Crippen LogP contribution is 2.27. The van der Waals surface area contributed by atoms with Crippen LogP contribution in [0.15, 0.2) is 24.3 Å². The Bertz CT molecular complexity index is 369. The molecular weight excluding hydrogens is 217 g/mol. The van der Waals surface area contributed by atoms with Gasteiger partial charge in [-0.05, 0) is 37.0 Å². The van der Waals surface area contributed by atoms with Gasteiger partial charge in [-0.25, -0.2) is 4.39 Å². The first-order chi connectivity index (χ1) is 8.20. The summed E-state index contributed by atoms with van der Waals surface area (Å²) in [6.07, 6.45) is 3.76. The van der Waals surface area contributed by atoms with Crippen LogP contribution in [0, 0.1) is 5.82 Å². The molecule has 0 spiro atoms. The van der Waals surface area contributed by atoms with E-state index in [0.29, 0.717) is 11.6 Å². The number of hydrogen-bond acceptors (Lipinski definition) is 2. The second kappa shape index (κ2) is 5.61. The fourth-order valence-electron chi connectivity index (χ4n) is 2.60. The van der Waals surface area contributed by atoms with Gasteiger partial charge in [0.15, 0.2) is 0 Å². The van der Waals surface area contributed by atoms with Crippen molar-refractivity contribution in [3.8, 4) is 0 Å². The normalized spacial score (nSPS) is 26.1. The van der Waals surface area contributed by atoms with Crippen molar-refractivity contribution in [2.24, 2.45) is 0 Å². The van der Waals surface area contributed by atoms with Gasteiger partial charge < -0.3 is 10.4 Å². The molecule has 2 rings (SSSR count). The van der Waals surface area contributed by atoms with Gasteiger partial charge in [-0.3, -0.25) is 0 Å². The van der Waals surface area contributed by atoms with E-state index >= 15 is 0 Å². The lowest BCUT2D eigenvalue weighted by atomic mass is 10.0. The molecule has 94 valence electrons. The van der Waals surface area contributed by atoms with Crippen molar-refractivity contribution >= 4 is 0 Å². The Morgan fingerprint density at radius 1 is 1.47 bits per heavy atom. The summed E-state index contributed by atoms with van der Waals surface area (Å²) in [6.45, 7) is 2.16. The molecule has 0 amide bonds. The number of aliphatic hydroxyl groups excluding tert-OH is 1. The minimum Gasteiger partial charge on any atom is -0.387 e. The first-order valence-corrected chi connectivity index (χ1v) is 6.40. The zero-order valence-electron chi connectivity index (χ0n) is 10.2. The third-order valence-corrected chi connectivity index (χ3v) is 3.48. The third kappa shape index (κ3) is 3.05. The van der Waals surface area contributed by atoms with E-state index in [2.05, 4.69) is 12.2 Å². The minimum atomic E-state index is -0.604. The molecule has 1 heterocycles. The van der Waals surface area contributed by atoms with Crippen LogP contribution in [0.3, 0.4) is 0 Å². The number of nitrogens with one attached hydrogen (secondary N) is 1. The van der Waals surface area contributed by atoms with Gasteiger partial charge in [0.25, 0.3) is 0 Å². The van der Waals surface area contributed by atoms with Crippen molar-refractivity contribution in [1.29, 1.82) is 0 Å². The van der Waals surface area contributed by atoms with E-state index in [-0.39, 0.29) is 11.9 Å². The Morgan fingerprint density at radius 2 is 2.29 bits per heavy atom. The molecule has 2 nitrogen and oxygen atoms in total. The van der Waals surface area contributed by atoms with Crippen LogP contribution in [-0.2, 0) is 0 Å². The Labute approximate surface area is 102 Å². The molecule has 1 saturated heterocycles. The number of halogens is 1. The molecule has 1 fully saturated rings. The second-order valence-corrected chi connectivity index (χ2v) is 4.84. The van der Waals surface area contributed by atoms with Gasteiger partial charge in [-0.2, -0.15) is 0 Å². The lowest BCUT2D eigenvalue weighted by Crippen LogP contribution is -2.33. The SMILES string of the molecule is CCC[C@H]1CC[C@H]([C@H](O)c2cccc(F)c2)N1. The Balaban J connectivity index is 1.99. The average molecular weight is 237 g/mol. The molecule has 17 heavy (non-hydrogen) atoms. The van der Waals surface area contributed by atoms with Gasteiger partial charge in [0.05, 0.1) is 6.10 Å². The molecule has 1 aliphatic heterocycles. The van der Waals surface area contributed by atoms with Crippen molar-refractivity contribution in [3.63, 3.8) is 0 Å². The highest BCUT2D eigenvalue weighted by molar-refractivity contribution is 5.20. The van der Waals surface area contributed by atoms with E-state index < -0.39 is 6.10 Å². The quantitative estimate of drug-likeness (QED) is 0.844. The lowest BCUT2D eigenvalue weighted by Gasteiger charge is -2.20. The maximum atomic E-state index is 13.1. The zero-order valence-corrected chi connectivity index (χ0v) is 10.2. The summed E-state index contributed by atoms with van der Waals surface area (Å²) in [5.74, 6) is -0.287. The summed E-state index contributed by atoms with van der Waals surface area (Å²) in [5, 5.41) is 13.6. The molecule has 1 aromatic carbocycles. The number of benzene rings is 1. The number of rotatable bonds is 4. The van der Waals surface area contributed by atoms with E-state index in [0.717, 1.165) is 25.7 Å². The molecule has 3 heteroatoms. The Hall–Kier alpha value is -0.930. The Kier molecular flexibility index (Phi) is 4.13. The van der Waals surface area contributed by atoms with E-state index in [1.165, 1.54) is 12.1 Å². The highest BCUT2D eigenvalue weighted by atomic mass is 19.1. The van der Waals surface area contributed by atoms with Crippen LogP contribution < -0.4 is 5.32 Å². The highest BCUT2D eigenvalue weighted by Gasteiger charge is 2.29. The summed E-state index contributed by atoms with van der Waals surface area (Å²) in [4.78, 5) is 0. The van der Waals surface area contributed by atoms with E-state index in [1.54, 1.807) is 12.1 Å². The average Bonchev–Trinajstić information content (AvgIpc) is 2.77. The lowest BCUT2D eigenvalue weighted by molar-refractivity contribution is 0.134. The fraction of sp³-hybridized carbons (Fsp3) is 0.571. The van der Waals surface area contributed by atoms with Gasteiger partial charge in [-0.15, -0.1) is 0 Å². The van der Waals surface area contributed by atoms with Crippen LogP contribution in [0.5, 0.6) is 0 Å². The van der Waals surface area contributed by atoms with Crippen molar-refractivity contribution in [2.75, 3.05) is 0 Å². The predicted molar refractivity (Wildman–Crippen MR) is 66.2 cm³/mol. The van der Waals surface area contributed by atoms with Crippen molar-refractivity contribution < 1.29 is 9.50 Å². The second-order valence-electron chi connectivity index (χ2n) is 4.84. The third-order valence-electron chi connectivity index (χ3n) is 3.48. The summed E-state index contributed by atoms with van der Waals surface area (Å²) >= 11 is 0. The van der Waals surface area contributed by atoms with Gasteiger partial charge in [0.1, 0.15) is 5.82 Å². The minimum absolute atomic E-state index is 0.0633. The summed E-state index contributed by atoms with van der Waals surface area (Å²) in [7, 11) is 0. The molecule has 0 aromatic heterocycles. The predicted octanol–water partition coefficient (Wildman–Crippen LogP) is 2.78. The van der Waals surface area contributed by atoms with Gasteiger partial charge in [-0.1, -0.05) is 25.5 Å². The molecule has 1 aromatic rings. The van der Waals surface area contributed by atoms with Crippen LogP contribution in [0.2, 0.25) is 0 Å². The standard InChI is InChI=1S/C14H20FNO/c1-2-4-12-7-8-13(16-12)14(17)10-5-3-6-11(15)9-10/h3,5-6,9,12-14,16-17H,2,4,7-8H2,1H3/t12-,13+,14+/m0/s1. The van der Waals surface area contributed by atoms with E-state index in [1.807, 2.05) is 0 Å². The van der Waals surface area contributed by atoms with Crippen LogP contribution in [0.1, 0.15) is 44.3 Å². The van der Waals surface area contributed by atoms with Crippen molar-refractivity contribution in [1.82, 2.24) is 5.32 Å². The Morgan fingerprint density at radius 3 is 3.00 bits per heavy atom. The first kappa shape index (κ1) is 12.5. The molecule has 0 saturated carbocycles. The number of hydrogen-bond donors (Lipinski definition) is 2. The first-order valence-electron chi connectivity index (χ1n) is 6.40. The zero-order chi connectivity index (χ0) is 12.3. The van der Waals surface area contributed by atoms with Gasteiger partial charge in [0, 0.05) is 12.1 Å². The molecule has 1 aliphatic rings. The van der Waals surface area contributed by atoms with E-state index in [9.17, 15) is 9.50 Å². The number of aliphatic hydroxyl groups is 1. The maximum Gasteiger partial charge on any atom is 0.123 e. The van der Waals surface area contributed by atoms with Crippen LogP contribution in [0.25, 0.3) is 0 Å². The fourth-order valence-corrected chi connectivity index (χ4v) is 2.60. The summed E-state index contributed by atoms with van der Waals surface area (Å²) in [6, 6.07) is 6.81. The monoisotopic (exact) mass is 237 g/mol. The molecule has 2 N–H and O–H groups in total. The molecule has 0 radical (unpaired) electrons.